The van der Waals surface area contributed by atoms with E-state index in [9.17, 15) is 10.0 Å². The zero-order valence-corrected chi connectivity index (χ0v) is 8.49. The number of anilines is 1. The van der Waals surface area contributed by atoms with Gasteiger partial charge in [0.15, 0.2) is 10.8 Å². The number of nitrogen functional groups attached to an aromatic ring is 1. The van der Waals surface area contributed by atoms with Gasteiger partial charge in [0.25, 0.3) is 0 Å². The summed E-state index contributed by atoms with van der Waals surface area (Å²) < 4.78 is 4.64. The molecule has 0 atom stereocenters. The highest BCUT2D eigenvalue weighted by molar-refractivity contribution is 7.13. The molecule has 80 valence electrons. The SMILES string of the molecule is C=CCOC(=O)/C(=N/[O-])c1csc(N)n1. The molecule has 0 fully saturated rings. The minimum atomic E-state index is -0.838. The van der Waals surface area contributed by atoms with Crippen LogP contribution in [0.15, 0.2) is 23.2 Å². The van der Waals surface area contributed by atoms with Crippen LogP contribution in [0.4, 0.5) is 5.13 Å². The molecule has 1 aromatic heterocycles. The molecule has 0 unspecified atom stereocenters. The van der Waals surface area contributed by atoms with Crippen molar-refractivity contribution >= 4 is 28.1 Å². The lowest BCUT2D eigenvalue weighted by Gasteiger charge is -2.04. The van der Waals surface area contributed by atoms with Crippen LogP contribution in [0.2, 0.25) is 0 Å². The molecule has 15 heavy (non-hydrogen) atoms. The smallest absolute Gasteiger partial charge is 0.358 e. The predicted molar refractivity (Wildman–Crippen MR) is 57.6 cm³/mol. The van der Waals surface area contributed by atoms with Crippen molar-refractivity contribution in [3.8, 4) is 0 Å². The van der Waals surface area contributed by atoms with Crippen LogP contribution in [0.3, 0.4) is 0 Å². The van der Waals surface area contributed by atoms with E-state index in [1.807, 2.05) is 0 Å². The van der Waals surface area contributed by atoms with Gasteiger partial charge in [-0.25, -0.2) is 9.78 Å². The van der Waals surface area contributed by atoms with E-state index in [1.165, 1.54) is 11.5 Å². The van der Waals surface area contributed by atoms with Gasteiger partial charge in [-0.15, -0.1) is 11.3 Å². The lowest BCUT2D eigenvalue weighted by atomic mass is 10.3. The van der Waals surface area contributed by atoms with Crippen LogP contribution in [0, 0.1) is 5.21 Å². The number of rotatable bonds is 4. The van der Waals surface area contributed by atoms with E-state index in [-0.39, 0.29) is 23.1 Å². The molecule has 0 radical (unpaired) electrons. The number of ether oxygens (including phenoxy) is 1. The van der Waals surface area contributed by atoms with Gasteiger partial charge in [0, 0.05) is 5.38 Å². The number of aromatic nitrogens is 1. The first-order valence-electron chi connectivity index (χ1n) is 3.88. The highest BCUT2D eigenvalue weighted by Crippen LogP contribution is 2.12. The fourth-order valence-electron chi connectivity index (χ4n) is 0.788. The van der Waals surface area contributed by atoms with Gasteiger partial charge in [0.2, 0.25) is 0 Å². The quantitative estimate of drug-likeness (QED) is 0.353. The summed E-state index contributed by atoms with van der Waals surface area (Å²) >= 11 is 1.11. The van der Waals surface area contributed by atoms with Crippen LogP contribution in [0.1, 0.15) is 5.69 Å². The second-order valence-electron chi connectivity index (χ2n) is 2.40. The van der Waals surface area contributed by atoms with Gasteiger partial charge in [-0.3, -0.25) is 0 Å². The van der Waals surface area contributed by atoms with Gasteiger partial charge in [-0.05, 0) is 0 Å². The molecule has 1 rings (SSSR count). The summed E-state index contributed by atoms with van der Waals surface area (Å²) in [6.45, 7) is 3.38. The van der Waals surface area contributed by atoms with E-state index >= 15 is 0 Å². The van der Waals surface area contributed by atoms with Crippen LogP contribution in [-0.2, 0) is 9.53 Å². The average Bonchev–Trinajstić information content (AvgIpc) is 2.63. The molecule has 7 heteroatoms. The standard InChI is InChI=1S/C8H9N3O3S/c1-2-3-14-7(12)6(11-13)5-4-15-8(9)10-5/h2,4,13H,1,3H2,(H2,9,10)/p-1/b11-6+. The number of nitrogens with two attached hydrogens (primary N) is 1. The molecule has 1 aromatic rings. The summed E-state index contributed by atoms with van der Waals surface area (Å²) in [5.74, 6) is -0.838. The monoisotopic (exact) mass is 226 g/mol. The van der Waals surface area contributed by atoms with Crippen molar-refractivity contribution < 1.29 is 9.53 Å². The number of carbonyl (C=O) groups excluding carboxylic acids is 1. The molecule has 0 amide bonds. The van der Waals surface area contributed by atoms with Gasteiger partial charge in [0.1, 0.15) is 12.3 Å². The maximum absolute atomic E-state index is 11.3. The van der Waals surface area contributed by atoms with Crippen molar-refractivity contribution in [1.29, 1.82) is 0 Å². The van der Waals surface area contributed by atoms with Crippen molar-refractivity contribution in [2.24, 2.45) is 5.16 Å². The van der Waals surface area contributed by atoms with Crippen LogP contribution < -0.4 is 5.73 Å². The van der Waals surface area contributed by atoms with Crippen molar-refractivity contribution in [2.45, 2.75) is 0 Å². The summed E-state index contributed by atoms with van der Waals surface area (Å²) in [6.07, 6.45) is 1.38. The molecule has 0 aromatic carbocycles. The largest absolute Gasteiger partial charge is 0.791 e. The number of hydrogen-bond acceptors (Lipinski definition) is 7. The Hall–Kier alpha value is -1.89. The summed E-state index contributed by atoms with van der Waals surface area (Å²) in [5, 5.41) is 14.7. The van der Waals surface area contributed by atoms with E-state index in [4.69, 9.17) is 5.73 Å². The van der Waals surface area contributed by atoms with Gasteiger partial charge in [-0.1, -0.05) is 12.7 Å². The average molecular weight is 226 g/mol. The second-order valence-corrected chi connectivity index (χ2v) is 3.29. The Labute approximate surface area is 89.7 Å². The number of nitrogens with zero attached hydrogens (tertiary/aromatic N) is 2. The predicted octanol–water partition coefficient (Wildman–Crippen LogP) is 0.741. The van der Waals surface area contributed by atoms with E-state index in [0.29, 0.717) is 0 Å². The first-order chi connectivity index (χ1) is 7.19. The Morgan fingerprint density at radius 3 is 3.07 bits per heavy atom. The summed E-state index contributed by atoms with van der Waals surface area (Å²) in [4.78, 5) is 15.0. The molecule has 0 saturated carbocycles. The Balaban J connectivity index is 2.81. The zero-order chi connectivity index (χ0) is 11.3. The van der Waals surface area contributed by atoms with Gasteiger partial charge >= 0.3 is 5.97 Å². The van der Waals surface area contributed by atoms with Gasteiger partial charge < -0.3 is 20.8 Å². The molecule has 0 aliphatic carbocycles. The maximum atomic E-state index is 11.3. The molecule has 2 N–H and O–H groups in total. The number of carbonyl (C=O) groups is 1. The first-order valence-corrected chi connectivity index (χ1v) is 4.76. The van der Waals surface area contributed by atoms with Crippen molar-refractivity contribution in [3.63, 3.8) is 0 Å². The maximum Gasteiger partial charge on any atom is 0.358 e. The third-order valence-corrected chi connectivity index (χ3v) is 2.06. The molecule has 1 heterocycles. The molecule has 0 aliphatic rings. The number of thiazole rings is 1. The fourth-order valence-corrected chi connectivity index (χ4v) is 1.34. The highest BCUT2D eigenvalue weighted by Gasteiger charge is 2.16. The lowest BCUT2D eigenvalue weighted by molar-refractivity contribution is -0.134. The summed E-state index contributed by atoms with van der Waals surface area (Å²) in [7, 11) is 0. The van der Waals surface area contributed by atoms with E-state index in [2.05, 4.69) is 21.5 Å². The normalized spacial score (nSPS) is 11.1. The van der Waals surface area contributed by atoms with Crippen LogP contribution in [-0.4, -0.2) is 23.3 Å². The molecular weight excluding hydrogens is 218 g/mol. The summed E-state index contributed by atoms with van der Waals surface area (Å²) in [5.41, 5.74) is 5.10. The van der Waals surface area contributed by atoms with E-state index in [0.717, 1.165) is 11.3 Å². The Bertz CT molecular complexity index is 400. The summed E-state index contributed by atoms with van der Waals surface area (Å²) in [6, 6.07) is 0. The molecule has 0 spiro atoms. The van der Waals surface area contributed by atoms with Crippen molar-refractivity contribution in [1.82, 2.24) is 4.98 Å². The van der Waals surface area contributed by atoms with Crippen molar-refractivity contribution in [2.75, 3.05) is 12.3 Å². The van der Waals surface area contributed by atoms with Crippen LogP contribution >= 0.6 is 11.3 Å². The minimum absolute atomic E-state index is 0.0114. The van der Waals surface area contributed by atoms with E-state index in [1.54, 1.807) is 0 Å². The third kappa shape index (κ3) is 2.78. The molecule has 0 saturated heterocycles. The topological polar surface area (TPSA) is 101 Å². The Kier molecular flexibility index (Phi) is 3.81. The Morgan fingerprint density at radius 2 is 2.60 bits per heavy atom. The van der Waals surface area contributed by atoms with Gasteiger partial charge in [-0.2, -0.15) is 0 Å². The molecule has 6 nitrogen and oxygen atoms in total. The molecular formula is C8H8N3O3S-. The molecule has 0 aliphatic heterocycles. The lowest BCUT2D eigenvalue weighted by Crippen LogP contribution is -2.19. The van der Waals surface area contributed by atoms with Crippen LogP contribution in [0.5, 0.6) is 0 Å². The number of hydrogen-bond donors (Lipinski definition) is 1. The van der Waals surface area contributed by atoms with E-state index < -0.39 is 5.97 Å². The Morgan fingerprint density at radius 1 is 1.87 bits per heavy atom. The number of esters is 1. The van der Waals surface area contributed by atoms with Crippen LogP contribution in [0.25, 0.3) is 0 Å². The van der Waals surface area contributed by atoms with Crippen molar-refractivity contribution in [3.05, 3.63) is 28.9 Å². The second kappa shape index (κ2) is 5.11. The third-order valence-electron chi connectivity index (χ3n) is 1.38. The highest BCUT2D eigenvalue weighted by atomic mass is 32.1. The van der Waals surface area contributed by atoms with Gasteiger partial charge in [0.05, 0.1) is 0 Å². The first kappa shape index (κ1) is 11.2. The zero-order valence-electron chi connectivity index (χ0n) is 7.67. The molecule has 0 bridgehead atoms. The fraction of sp³-hybridized carbons (Fsp3) is 0.125. The minimum Gasteiger partial charge on any atom is -0.791 e.